The zero-order valence-corrected chi connectivity index (χ0v) is 30.7. The zero-order valence-electron chi connectivity index (χ0n) is 30.7. The highest BCUT2D eigenvalue weighted by Crippen LogP contribution is 2.54. The number of fused-ring (bicyclic) bond motifs is 3. The van der Waals surface area contributed by atoms with E-state index in [4.69, 9.17) is 0 Å². The number of benzene rings is 8. The Morgan fingerprint density at radius 3 is 1.44 bits per heavy atom. The first-order valence-electron chi connectivity index (χ1n) is 18.8. The van der Waals surface area contributed by atoms with E-state index < -0.39 is 0 Å². The Kier molecular flexibility index (Phi) is 8.61. The predicted molar refractivity (Wildman–Crippen MR) is 228 cm³/mol. The summed E-state index contributed by atoms with van der Waals surface area (Å²) in [5.41, 5.74) is 18.0. The van der Waals surface area contributed by atoms with Gasteiger partial charge in [0.05, 0.1) is 5.69 Å². The molecular formula is C53H41N. The summed E-state index contributed by atoms with van der Waals surface area (Å²) in [5, 5.41) is 0. The van der Waals surface area contributed by atoms with Crippen LogP contribution in [-0.4, -0.2) is 0 Å². The first kappa shape index (κ1) is 33.2. The third-order valence-corrected chi connectivity index (χ3v) is 10.9. The quantitative estimate of drug-likeness (QED) is 0.143. The van der Waals surface area contributed by atoms with Gasteiger partial charge in [-0.25, -0.2) is 0 Å². The fourth-order valence-corrected chi connectivity index (χ4v) is 8.39. The molecular weight excluding hydrogens is 651 g/mol. The van der Waals surface area contributed by atoms with Crippen LogP contribution in [0, 0.1) is 0 Å². The Hall–Kier alpha value is -6.70. The minimum atomic E-state index is -0.189. The second-order valence-corrected chi connectivity index (χ2v) is 14.5. The molecule has 0 radical (unpaired) electrons. The van der Waals surface area contributed by atoms with Crippen LogP contribution in [0.3, 0.4) is 0 Å². The summed E-state index contributed by atoms with van der Waals surface area (Å²) in [6.45, 7) is 4.74. The van der Waals surface area contributed by atoms with E-state index in [0.29, 0.717) is 0 Å². The molecule has 0 unspecified atom stereocenters. The fourth-order valence-electron chi connectivity index (χ4n) is 8.39. The molecule has 0 heterocycles. The molecule has 8 aromatic carbocycles. The number of hydrogen-bond acceptors (Lipinski definition) is 1. The van der Waals surface area contributed by atoms with Gasteiger partial charge in [0, 0.05) is 16.8 Å². The fraction of sp³-hybridized carbons (Fsp3) is 0.0566. The van der Waals surface area contributed by atoms with Crippen LogP contribution in [0.2, 0.25) is 0 Å². The number of hydrogen-bond donors (Lipinski definition) is 0. The largest absolute Gasteiger partial charge is 0.310 e. The number of nitrogens with zero attached hydrogens (tertiary/aromatic N) is 1. The molecule has 1 nitrogen and oxygen atoms in total. The summed E-state index contributed by atoms with van der Waals surface area (Å²) in [6.07, 6.45) is 0. The standard InChI is InChI=1S/C53H41N/c1-53(2)48-31-16-15-29-46(48)47-30-18-32-49(52(47)53)54(44-35-33-39(34-36-44)38-19-7-3-8-20-38)45-28-17-27-43(37-45)51(42-25-13-6-14-26-42)50(40-21-9-4-10-22-40)41-23-11-5-12-24-41/h3-37H,1-2H3. The van der Waals surface area contributed by atoms with Crippen LogP contribution in [0.1, 0.15) is 47.2 Å². The second-order valence-electron chi connectivity index (χ2n) is 14.5. The van der Waals surface area contributed by atoms with E-state index in [-0.39, 0.29) is 5.41 Å². The van der Waals surface area contributed by atoms with Crippen LogP contribution in [0.15, 0.2) is 212 Å². The van der Waals surface area contributed by atoms with Gasteiger partial charge < -0.3 is 4.90 Å². The van der Waals surface area contributed by atoms with Crippen molar-refractivity contribution in [1.29, 1.82) is 0 Å². The van der Waals surface area contributed by atoms with Crippen LogP contribution in [-0.2, 0) is 5.41 Å². The van der Waals surface area contributed by atoms with Gasteiger partial charge in [0.2, 0.25) is 0 Å². The molecule has 1 aliphatic carbocycles. The van der Waals surface area contributed by atoms with Crippen LogP contribution in [0.4, 0.5) is 17.1 Å². The molecule has 0 spiro atoms. The van der Waals surface area contributed by atoms with Crippen molar-refractivity contribution in [2.75, 3.05) is 4.90 Å². The maximum Gasteiger partial charge on any atom is 0.0508 e. The third-order valence-electron chi connectivity index (χ3n) is 10.9. The van der Waals surface area contributed by atoms with E-state index in [2.05, 4.69) is 231 Å². The van der Waals surface area contributed by atoms with E-state index in [1.54, 1.807) is 0 Å². The lowest BCUT2D eigenvalue weighted by atomic mass is 9.81. The van der Waals surface area contributed by atoms with Gasteiger partial charge in [-0.05, 0) is 97.1 Å². The molecule has 0 amide bonds. The molecule has 1 aliphatic rings. The van der Waals surface area contributed by atoms with E-state index in [0.717, 1.165) is 16.9 Å². The molecule has 0 bridgehead atoms. The van der Waals surface area contributed by atoms with Gasteiger partial charge in [0.1, 0.15) is 0 Å². The van der Waals surface area contributed by atoms with Gasteiger partial charge in [0.15, 0.2) is 0 Å². The van der Waals surface area contributed by atoms with E-state index in [1.165, 1.54) is 66.9 Å². The highest BCUT2D eigenvalue weighted by atomic mass is 15.1. The van der Waals surface area contributed by atoms with Crippen LogP contribution >= 0.6 is 0 Å². The summed E-state index contributed by atoms with van der Waals surface area (Å²) < 4.78 is 0. The second kappa shape index (κ2) is 14.0. The first-order valence-corrected chi connectivity index (χ1v) is 18.8. The number of rotatable bonds is 8. The predicted octanol–water partition coefficient (Wildman–Crippen LogP) is 14.1. The highest BCUT2D eigenvalue weighted by molar-refractivity contribution is 6.05. The lowest BCUT2D eigenvalue weighted by molar-refractivity contribution is 0.661. The van der Waals surface area contributed by atoms with Gasteiger partial charge in [-0.2, -0.15) is 0 Å². The monoisotopic (exact) mass is 691 g/mol. The molecule has 9 rings (SSSR count). The Bertz CT molecular complexity index is 2540. The molecule has 8 aromatic rings. The molecule has 0 saturated heterocycles. The molecule has 0 N–H and O–H groups in total. The zero-order chi connectivity index (χ0) is 36.5. The van der Waals surface area contributed by atoms with Gasteiger partial charge in [0.25, 0.3) is 0 Å². The van der Waals surface area contributed by atoms with Crippen LogP contribution in [0.25, 0.3) is 33.4 Å². The van der Waals surface area contributed by atoms with E-state index in [9.17, 15) is 0 Å². The third kappa shape index (κ3) is 5.94. The summed E-state index contributed by atoms with van der Waals surface area (Å²) in [5.74, 6) is 0. The van der Waals surface area contributed by atoms with Crippen molar-refractivity contribution in [3.63, 3.8) is 0 Å². The van der Waals surface area contributed by atoms with Crippen molar-refractivity contribution in [2.24, 2.45) is 0 Å². The Morgan fingerprint density at radius 2 is 0.833 bits per heavy atom. The lowest BCUT2D eigenvalue weighted by Gasteiger charge is -2.32. The highest BCUT2D eigenvalue weighted by Gasteiger charge is 2.38. The van der Waals surface area contributed by atoms with Crippen molar-refractivity contribution in [3.05, 3.63) is 246 Å². The molecule has 258 valence electrons. The summed E-state index contributed by atoms with van der Waals surface area (Å²) >= 11 is 0. The summed E-state index contributed by atoms with van der Waals surface area (Å²) in [6, 6.07) is 77.0. The Balaban J connectivity index is 1.29. The molecule has 0 atom stereocenters. The van der Waals surface area contributed by atoms with Crippen molar-refractivity contribution in [3.8, 4) is 22.3 Å². The lowest BCUT2D eigenvalue weighted by Crippen LogP contribution is -2.20. The Labute approximate surface area is 319 Å². The molecule has 0 saturated carbocycles. The molecule has 0 fully saturated rings. The first-order chi connectivity index (χ1) is 26.6. The topological polar surface area (TPSA) is 3.24 Å². The van der Waals surface area contributed by atoms with Gasteiger partial charge >= 0.3 is 0 Å². The van der Waals surface area contributed by atoms with Crippen molar-refractivity contribution in [2.45, 2.75) is 19.3 Å². The molecule has 0 aromatic heterocycles. The average molecular weight is 692 g/mol. The maximum absolute atomic E-state index is 2.47. The molecule has 0 aliphatic heterocycles. The Morgan fingerprint density at radius 1 is 0.370 bits per heavy atom. The van der Waals surface area contributed by atoms with Crippen molar-refractivity contribution >= 4 is 28.2 Å². The minimum Gasteiger partial charge on any atom is -0.310 e. The normalized spacial score (nSPS) is 12.4. The van der Waals surface area contributed by atoms with Gasteiger partial charge in [-0.15, -0.1) is 0 Å². The van der Waals surface area contributed by atoms with Crippen LogP contribution in [0.5, 0.6) is 0 Å². The van der Waals surface area contributed by atoms with Gasteiger partial charge in [-0.1, -0.05) is 196 Å². The minimum absolute atomic E-state index is 0.189. The van der Waals surface area contributed by atoms with Gasteiger partial charge in [-0.3, -0.25) is 0 Å². The summed E-state index contributed by atoms with van der Waals surface area (Å²) in [4.78, 5) is 2.47. The molecule has 1 heteroatoms. The SMILES string of the molecule is CC1(C)c2ccccc2-c2cccc(N(c3ccc(-c4ccccc4)cc3)c3cccc(C(=C(c4ccccc4)c4ccccc4)c4ccccc4)c3)c21. The summed E-state index contributed by atoms with van der Waals surface area (Å²) in [7, 11) is 0. The number of anilines is 3. The smallest absolute Gasteiger partial charge is 0.0508 e. The van der Waals surface area contributed by atoms with Crippen molar-refractivity contribution < 1.29 is 0 Å². The average Bonchev–Trinajstić information content (AvgIpc) is 3.48. The van der Waals surface area contributed by atoms with Crippen LogP contribution < -0.4 is 4.90 Å². The molecule has 54 heavy (non-hydrogen) atoms. The maximum atomic E-state index is 2.47. The van der Waals surface area contributed by atoms with E-state index in [1.807, 2.05) is 0 Å². The van der Waals surface area contributed by atoms with Crippen molar-refractivity contribution in [1.82, 2.24) is 0 Å². The van der Waals surface area contributed by atoms with E-state index >= 15 is 0 Å².